The Morgan fingerprint density at radius 3 is 2.75 bits per heavy atom. The molecule has 3 heteroatoms. The summed E-state index contributed by atoms with van der Waals surface area (Å²) >= 11 is 0. The molecule has 1 aliphatic heterocycles. The summed E-state index contributed by atoms with van der Waals surface area (Å²) in [6, 6.07) is 0. The Morgan fingerprint density at radius 2 is 2.08 bits per heavy atom. The van der Waals surface area contributed by atoms with Crippen molar-refractivity contribution in [2.75, 3.05) is 13.2 Å². The fraction of sp³-hybridized carbons (Fsp3) is 1.00. The molecule has 1 aliphatic rings. The minimum absolute atomic E-state index is 0.0780. The van der Waals surface area contributed by atoms with Gasteiger partial charge in [0.05, 0.1) is 25.4 Å². The smallest absolute Gasteiger partial charge is 0.154 e. The maximum atomic E-state index is 5.61. The van der Waals surface area contributed by atoms with Crippen molar-refractivity contribution in [3.05, 3.63) is 0 Å². The van der Waals surface area contributed by atoms with Crippen molar-refractivity contribution in [2.24, 2.45) is 0 Å². The van der Waals surface area contributed by atoms with Gasteiger partial charge in [-0.1, -0.05) is 0 Å². The quantitative estimate of drug-likeness (QED) is 0.636. The molecule has 12 heavy (non-hydrogen) atoms. The van der Waals surface area contributed by atoms with Gasteiger partial charge < -0.3 is 14.2 Å². The third kappa shape index (κ3) is 3.52. The van der Waals surface area contributed by atoms with Crippen molar-refractivity contribution in [1.82, 2.24) is 0 Å². The van der Waals surface area contributed by atoms with Crippen LogP contribution in [-0.2, 0) is 14.2 Å². The van der Waals surface area contributed by atoms with Gasteiger partial charge in [0.2, 0.25) is 0 Å². The SMILES string of the molecule is CC(C)O[C@@H]1CCO[C@@H](C)OC1. The van der Waals surface area contributed by atoms with E-state index in [4.69, 9.17) is 14.2 Å². The molecule has 0 bridgehead atoms. The largest absolute Gasteiger partial charge is 0.373 e. The molecule has 2 atom stereocenters. The van der Waals surface area contributed by atoms with Crippen molar-refractivity contribution >= 4 is 0 Å². The molecule has 72 valence electrons. The lowest BCUT2D eigenvalue weighted by molar-refractivity contribution is -0.125. The van der Waals surface area contributed by atoms with Gasteiger partial charge in [0.15, 0.2) is 6.29 Å². The Bertz CT molecular complexity index is 125. The summed E-state index contributed by atoms with van der Waals surface area (Å²) < 4.78 is 16.3. The maximum absolute atomic E-state index is 5.61. The summed E-state index contributed by atoms with van der Waals surface area (Å²) in [5, 5.41) is 0. The van der Waals surface area contributed by atoms with Crippen molar-refractivity contribution in [3.8, 4) is 0 Å². The number of ether oxygens (including phenoxy) is 3. The number of hydrogen-bond donors (Lipinski definition) is 0. The van der Waals surface area contributed by atoms with E-state index in [1.165, 1.54) is 0 Å². The van der Waals surface area contributed by atoms with Crippen LogP contribution < -0.4 is 0 Å². The van der Waals surface area contributed by atoms with E-state index in [-0.39, 0.29) is 18.5 Å². The normalized spacial score (nSPS) is 32.0. The summed E-state index contributed by atoms with van der Waals surface area (Å²) in [6.07, 6.45) is 1.33. The highest BCUT2D eigenvalue weighted by Gasteiger charge is 2.17. The van der Waals surface area contributed by atoms with Crippen LogP contribution in [0.5, 0.6) is 0 Å². The second kappa shape index (κ2) is 4.80. The fourth-order valence-electron chi connectivity index (χ4n) is 1.23. The van der Waals surface area contributed by atoms with E-state index in [9.17, 15) is 0 Å². The Hall–Kier alpha value is -0.120. The Morgan fingerprint density at radius 1 is 1.33 bits per heavy atom. The molecule has 1 fully saturated rings. The van der Waals surface area contributed by atoms with Crippen LogP contribution in [0.2, 0.25) is 0 Å². The third-order valence-electron chi connectivity index (χ3n) is 1.77. The summed E-state index contributed by atoms with van der Waals surface area (Å²) in [5.41, 5.74) is 0. The first-order chi connectivity index (χ1) is 5.68. The maximum Gasteiger partial charge on any atom is 0.154 e. The predicted octanol–water partition coefficient (Wildman–Crippen LogP) is 1.56. The van der Waals surface area contributed by atoms with Crippen LogP contribution in [-0.4, -0.2) is 31.7 Å². The van der Waals surface area contributed by atoms with Crippen LogP contribution in [0.3, 0.4) is 0 Å². The monoisotopic (exact) mass is 174 g/mol. The summed E-state index contributed by atoms with van der Waals surface area (Å²) in [5.74, 6) is 0. The lowest BCUT2D eigenvalue weighted by Gasteiger charge is -2.17. The van der Waals surface area contributed by atoms with E-state index >= 15 is 0 Å². The van der Waals surface area contributed by atoms with Gasteiger partial charge in [-0.2, -0.15) is 0 Å². The van der Waals surface area contributed by atoms with E-state index in [2.05, 4.69) is 0 Å². The van der Waals surface area contributed by atoms with Crippen molar-refractivity contribution < 1.29 is 14.2 Å². The average molecular weight is 174 g/mol. The first-order valence-corrected chi connectivity index (χ1v) is 4.57. The van der Waals surface area contributed by atoms with Gasteiger partial charge in [0.1, 0.15) is 0 Å². The van der Waals surface area contributed by atoms with Gasteiger partial charge >= 0.3 is 0 Å². The lowest BCUT2D eigenvalue weighted by atomic mass is 10.3. The lowest BCUT2D eigenvalue weighted by Crippen LogP contribution is -2.23. The minimum Gasteiger partial charge on any atom is -0.373 e. The van der Waals surface area contributed by atoms with E-state index in [0.29, 0.717) is 6.61 Å². The standard InChI is InChI=1S/C9H18O3/c1-7(2)12-9-4-5-10-8(3)11-6-9/h7-9H,4-6H2,1-3H3/t8-,9-/m1/s1. The minimum atomic E-state index is -0.0780. The zero-order valence-corrected chi connectivity index (χ0v) is 8.08. The Kier molecular flexibility index (Phi) is 3.98. The molecule has 0 spiro atoms. The first-order valence-electron chi connectivity index (χ1n) is 4.57. The summed E-state index contributed by atoms with van der Waals surface area (Å²) in [7, 11) is 0. The first kappa shape index (κ1) is 9.96. The molecule has 1 rings (SSSR count). The van der Waals surface area contributed by atoms with Crippen molar-refractivity contribution in [3.63, 3.8) is 0 Å². The highest BCUT2D eigenvalue weighted by atomic mass is 16.7. The molecule has 0 radical (unpaired) electrons. The molecule has 0 aromatic carbocycles. The Balaban J connectivity index is 2.26. The zero-order chi connectivity index (χ0) is 8.97. The van der Waals surface area contributed by atoms with Crippen LogP contribution >= 0.6 is 0 Å². The van der Waals surface area contributed by atoms with Gasteiger partial charge in [-0.25, -0.2) is 0 Å². The molecule has 0 aromatic rings. The van der Waals surface area contributed by atoms with Crippen molar-refractivity contribution in [1.29, 1.82) is 0 Å². The molecule has 0 saturated carbocycles. The molecule has 0 aromatic heterocycles. The molecule has 1 heterocycles. The highest BCUT2D eigenvalue weighted by molar-refractivity contribution is 4.61. The second-order valence-electron chi connectivity index (χ2n) is 3.37. The third-order valence-corrected chi connectivity index (χ3v) is 1.77. The van der Waals surface area contributed by atoms with Crippen LogP contribution in [0.1, 0.15) is 27.2 Å². The van der Waals surface area contributed by atoms with Crippen LogP contribution in [0.15, 0.2) is 0 Å². The molecular formula is C9H18O3. The molecule has 0 N–H and O–H groups in total. The highest BCUT2D eigenvalue weighted by Crippen LogP contribution is 2.10. The molecule has 3 nitrogen and oxygen atoms in total. The molecule has 0 aliphatic carbocycles. The van der Waals surface area contributed by atoms with Gasteiger partial charge in [-0.05, 0) is 27.2 Å². The van der Waals surface area contributed by atoms with Crippen LogP contribution in [0.25, 0.3) is 0 Å². The summed E-state index contributed by atoms with van der Waals surface area (Å²) in [4.78, 5) is 0. The van der Waals surface area contributed by atoms with Crippen LogP contribution in [0.4, 0.5) is 0 Å². The van der Waals surface area contributed by atoms with Gasteiger partial charge in [0.25, 0.3) is 0 Å². The number of hydrogen-bond acceptors (Lipinski definition) is 3. The Labute approximate surface area is 74.0 Å². The number of rotatable bonds is 2. The molecular weight excluding hydrogens is 156 g/mol. The topological polar surface area (TPSA) is 27.7 Å². The zero-order valence-electron chi connectivity index (χ0n) is 8.08. The molecule has 0 amide bonds. The van der Waals surface area contributed by atoms with E-state index < -0.39 is 0 Å². The average Bonchev–Trinajstić information content (AvgIpc) is 2.15. The van der Waals surface area contributed by atoms with E-state index in [1.54, 1.807) is 0 Å². The van der Waals surface area contributed by atoms with Gasteiger partial charge in [0, 0.05) is 0 Å². The predicted molar refractivity (Wildman–Crippen MR) is 46.0 cm³/mol. The van der Waals surface area contributed by atoms with Crippen molar-refractivity contribution in [2.45, 2.75) is 45.7 Å². The molecule has 0 unspecified atom stereocenters. The van der Waals surface area contributed by atoms with E-state index in [0.717, 1.165) is 13.0 Å². The fourth-order valence-corrected chi connectivity index (χ4v) is 1.23. The second-order valence-corrected chi connectivity index (χ2v) is 3.37. The molecule has 1 saturated heterocycles. The van der Waals surface area contributed by atoms with Gasteiger partial charge in [-0.15, -0.1) is 0 Å². The van der Waals surface area contributed by atoms with Crippen LogP contribution in [0, 0.1) is 0 Å². The summed E-state index contributed by atoms with van der Waals surface area (Å²) in [6.45, 7) is 7.38. The van der Waals surface area contributed by atoms with E-state index in [1.807, 2.05) is 20.8 Å². The van der Waals surface area contributed by atoms with Gasteiger partial charge in [-0.3, -0.25) is 0 Å².